The van der Waals surface area contributed by atoms with Crippen molar-refractivity contribution in [1.82, 2.24) is 4.90 Å². The van der Waals surface area contributed by atoms with Gasteiger partial charge in [-0.2, -0.15) is 0 Å². The zero-order chi connectivity index (χ0) is 16.4. The van der Waals surface area contributed by atoms with Crippen LogP contribution in [0.2, 0.25) is 0 Å². The number of benzene rings is 2. The van der Waals surface area contributed by atoms with Crippen LogP contribution in [0.1, 0.15) is 34.3 Å². The lowest BCUT2D eigenvalue weighted by Crippen LogP contribution is -2.28. The molecular formula is C19H23N3O. The van der Waals surface area contributed by atoms with Gasteiger partial charge in [0.15, 0.2) is 0 Å². The molecule has 0 radical (unpaired) electrons. The lowest BCUT2D eigenvalue weighted by molar-refractivity contribution is 0.0794. The highest BCUT2D eigenvalue weighted by atomic mass is 16.2. The Morgan fingerprint density at radius 2 is 1.78 bits per heavy atom. The topological polar surface area (TPSA) is 58.4 Å². The first-order valence-electron chi connectivity index (χ1n) is 8.07. The van der Waals surface area contributed by atoms with Gasteiger partial charge in [0.05, 0.1) is 11.3 Å². The van der Waals surface area contributed by atoms with E-state index in [9.17, 15) is 4.79 Å². The van der Waals surface area contributed by atoms with Crippen molar-refractivity contribution < 1.29 is 4.79 Å². The summed E-state index contributed by atoms with van der Waals surface area (Å²) in [6.45, 7) is 5.83. The van der Waals surface area contributed by atoms with E-state index in [0.717, 1.165) is 37.3 Å². The number of nitrogens with two attached hydrogens (primary N) is 1. The van der Waals surface area contributed by atoms with Crippen LogP contribution in [0.15, 0.2) is 36.4 Å². The SMILES string of the molecule is Cc1ccc(Nc2ccc(N)cc2C(=O)N2CCCC2)cc1C. The highest BCUT2D eigenvalue weighted by molar-refractivity contribution is 6.01. The number of rotatable bonds is 3. The summed E-state index contributed by atoms with van der Waals surface area (Å²) in [5, 5.41) is 3.37. The molecule has 0 atom stereocenters. The van der Waals surface area contributed by atoms with Crippen LogP contribution in [0.5, 0.6) is 0 Å². The fraction of sp³-hybridized carbons (Fsp3) is 0.316. The standard InChI is InChI=1S/C19H23N3O/c1-13-5-7-16(11-14(13)2)21-18-8-6-15(20)12-17(18)19(23)22-9-3-4-10-22/h5-8,11-12,21H,3-4,9-10,20H2,1-2H3. The number of nitrogens with zero attached hydrogens (tertiary/aromatic N) is 1. The summed E-state index contributed by atoms with van der Waals surface area (Å²) in [5.41, 5.74) is 11.4. The first-order valence-corrected chi connectivity index (χ1v) is 8.07. The highest BCUT2D eigenvalue weighted by Gasteiger charge is 2.22. The molecule has 1 amide bonds. The van der Waals surface area contributed by atoms with E-state index in [1.165, 1.54) is 11.1 Å². The van der Waals surface area contributed by atoms with E-state index in [1.807, 2.05) is 23.1 Å². The Morgan fingerprint density at radius 3 is 2.48 bits per heavy atom. The Hall–Kier alpha value is -2.49. The summed E-state index contributed by atoms with van der Waals surface area (Å²) in [6.07, 6.45) is 2.15. The first kappa shape index (κ1) is 15.4. The molecule has 2 aromatic rings. The molecule has 1 saturated heterocycles. The molecule has 1 aliphatic heterocycles. The summed E-state index contributed by atoms with van der Waals surface area (Å²) in [5.74, 6) is 0.0566. The van der Waals surface area contributed by atoms with Crippen LogP contribution in [0, 0.1) is 13.8 Å². The molecule has 0 spiro atoms. The number of anilines is 3. The second kappa shape index (κ2) is 6.32. The molecule has 0 aliphatic carbocycles. The smallest absolute Gasteiger partial charge is 0.256 e. The summed E-state index contributed by atoms with van der Waals surface area (Å²) in [4.78, 5) is 14.7. The molecule has 0 saturated carbocycles. The van der Waals surface area contributed by atoms with Crippen molar-refractivity contribution >= 4 is 23.0 Å². The number of amides is 1. The van der Waals surface area contributed by atoms with Crippen LogP contribution in [-0.4, -0.2) is 23.9 Å². The van der Waals surface area contributed by atoms with Crippen LogP contribution in [-0.2, 0) is 0 Å². The minimum absolute atomic E-state index is 0.0566. The molecule has 23 heavy (non-hydrogen) atoms. The minimum atomic E-state index is 0.0566. The number of hydrogen-bond acceptors (Lipinski definition) is 3. The largest absolute Gasteiger partial charge is 0.399 e. The number of hydrogen-bond donors (Lipinski definition) is 2. The summed E-state index contributed by atoms with van der Waals surface area (Å²) < 4.78 is 0. The quantitative estimate of drug-likeness (QED) is 0.846. The number of aryl methyl sites for hydroxylation is 2. The third-order valence-corrected chi connectivity index (χ3v) is 4.45. The monoisotopic (exact) mass is 309 g/mol. The van der Waals surface area contributed by atoms with Gasteiger partial charge in [0.1, 0.15) is 0 Å². The van der Waals surface area contributed by atoms with Gasteiger partial charge in [-0.05, 0) is 68.1 Å². The molecule has 0 bridgehead atoms. The van der Waals surface area contributed by atoms with Crippen molar-refractivity contribution in [3.8, 4) is 0 Å². The lowest BCUT2D eigenvalue weighted by atomic mass is 10.1. The van der Waals surface area contributed by atoms with Crippen molar-refractivity contribution in [3.05, 3.63) is 53.1 Å². The average molecular weight is 309 g/mol. The van der Waals surface area contributed by atoms with Gasteiger partial charge in [-0.25, -0.2) is 0 Å². The number of nitrogens with one attached hydrogen (secondary N) is 1. The molecule has 4 nitrogen and oxygen atoms in total. The van der Waals surface area contributed by atoms with Crippen LogP contribution in [0.25, 0.3) is 0 Å². The van der Waals surface area contributed by atoms with Gasteiger partial charge in [-0.3, -0.25) is 4.79 Å². The number of carbonyl (C=O) groups excluding carboxylic acids is 1. The molecule has 2 aromatic carbocycles. The predicted octanol–water partition coefficient (Wildman–Crippen LogP) is 3.87. The lowest BCUT2D eigenvalue weighted by Gasteiger charge is -2.19. The first-order chi connectivity index (χ1) is 11.0. The summed E-state index contributed by atoms with van der Waals surface area (Å²) in [7, 11) is 0. The van der Waals surface area contributed by atoms with E-state index < -0.39 is 0 Å². The van der Waals surface area contributed by atoms with Crippen molar-refractivity contribution in [2.45, 2.75) is 26.7 Å². The van der Waals surface area contributed by atoms with Crippen LogP contribution >= 0.6 is 0 Å². The van der Waals surface area contributed by atoms with Gasteiger partial charge in [-0.1, -0.05) is 6.07 Å². The van der Waals surface area contributed by atoms with Crippen molar-refractivity contribution in [2.75, 3.05) is 24.1 Å². The van der Waals surface area contributed by atoms with Crippen LogP contribution in [0.3, 0.4) is 0 Å². The number of likely N-dealkylation sites (tertiary alicyclic amines) is 1. The molecule has 3 N–H and O–H groups in total. The summed E-state index contributed by atoms with van der Waals surface area (Å²) in [6, 6.07) is 11.7. The third-order valence-electron chi connectivity index (χ3n) is 4.45. The second-order valence-corrected chi connectivity index (χ2v) is 6.23. The van der Waals surface area contributed by atoms with Gasteiger partial charge >= 0.3 is 0 Å². The molecule has 0 aromatic heterocycles. The predicted molar refractivity (Wildman–Crippen MR) is 95.2 cm³/mol. The van der Waals surface area contributed by atoms with Gasteiger partial charge in [0, 0.05) is 24.5 Å². The zero-order valence-corrected chi connectivity index (χ0v) is 13.7. The van der Waals surface area contributed by atoms with E-state index >= 15 is 0 Å². The van der Waals surface area contributed by atoms with E-state index in [4.69, 9.17) is 5.73 Å². The molecule has 1 aliphatic rings. The number of nitrogen functional groups attached to an aromatic ring is 1. The highest BCUT2D eigenvalue weighted by Crippen LogP contribution is 2.26. The van der Waals surface area contributed by atoms with Crippen LogP contribution in [0.4, 0.5) is 17.1 Å². The van der Waals surface area contributed by atoms with Gasteiger partial charge in [0.2, 0.25) is 0 Å². The van der Waals surface area contributed by atoms with Gasteiger partial charge in [-0.15, -0.1) is 0 Å². The molecule has 3 rings (SSSR count). The maximum Gasteiger partial charge on any atom is 0.256 e. The second-order valence-electron chi connectivity index (χ2n) is 6.23. The average Bonchev–Trinajstić information content (AvgIpc) is 3.06. The summed E-state index contributed by atoms with van der Waals surface area (Å²) >= 11 is 0. The Morgan fingerprint density at radius 1 is 1.04 bits per heavy atom. The Kier molecular flexibility index (Phi) is 4.24. The van der Waals surface area contributed by atoms with E-state index in [1.54, 1.807) is 6.07 Å². The van der Waals surface area contributed by atoms with Gasteiger partial charge < -0.3 is 16.0 Å². The molecule has 4 heteroatoms. The van der Waals surface area contributed by atoms with E-state index in [-0.39, 0.29) is 5.91 Å². The van der Waals surface area contributed by atoms with Crippen molar-refractivity contribution in [3.63, 3.8) is 0 Å². The van der Waals surface area contributed by atoms with Crippen molar-refractivity contribution in [2.24, 2.45) is 0 Å². The molecular weight excluding hydrogens is 286 g/mol. The zero-order valence-electron chi connectivity index (χ0n) is 13.7. The van der Waals surface area contributed by atoms with E-state index in [0.29, 0.717) is 11.3 Å². The Labute approximate surface area is 137 Å². The van der Waals surface area contributed by atoms with Crippen molar-refractivity contribution in [1.29, 1.82) is 0 Å². The van der Waals surface area contributed by atoms with Crippen LogP contribution < -0.4 is 11.1 Å². The van der Waals surface area contributed by atoms with E-state index in [2.05, 4.69) is 31.3 Å². The maximum atomic E-state index is 12.8. The normalized spacial score (nSPS) is 14.1. The number of carbonyl (C=O) groups is 1. The Balaban J connectivity index is 1.92. The fourth-order valence-electron chi connectivity index (χ4n) is 2.91. The fourth-order valence-corrected chi connectivity index (χ4v) is 2.91. The van der Waals surface area contributed by atoms with Gasteiger partial charge in [0.25, 0.3) is 5.91 Å². The molecule has 0 unspecified atom stereocenters. The Bertz CT molecular complexity index is 733. The molecule has 1 heterocycles. The molecule has 1 fully saturated rings. The maximum absolute atomic E-state index is 12.8. The minimum Gasteiger partial charge on any atom is -0.399 e. The third kappa shape index (κ3) is 3.31. The molecule has 120 valence electrons.